The molecule has 0 radical (unpaired) electrons. The number of fused-ring (bicyclic) bond motifs is 1. The van der Waals surface area contributed by atoms with Gasteiger partial charge in [0.05, 0.1) is 23.6 Å². The number of benzene rings is 1. The van der Waals surface area contributed by atoms with Crippen LogP contribution in [0.15, 0.2) is 24.3 Å². The molecule has 0 saturated heterocycles. The Bertz CT molecular complexity index is 792. The van der Waals surface area contributed by atoms with Gasteiger partial charge >= 0.3 is 5.97 Å². The number of hydrogen-bond donors (Lipinski definition) is 0. The topological polar surface area (TPSA) is 108 Å². The first-order valence-corrected chi connectivity index (χ1v) is 9.02. The largest absolute Gasteiger partial charge is 0.454 e. The molecule has 0 N–H and O–H groups in total. The van der Waals surface area contributed by atoms with Crippen molar-refractivity contribution in [1.29, 1.82) is 5.26 Å². The summed E-state index contributed by atoms with van der Waals surface area (Å²) in [6.07, 6.45) is 0.393. The second kappa shape index (κ2) is 9.13. The van der Waals surface area contributed by atoms with Crippen LogP contribution in [0.25, 0.3) is 0 Å². The third-order valence-electron chi connectivity index (χ3n) is 4.43. The first-order valence-electron chi connectivity index (χ1n) is 9.02. The molecule has 0 aliphatic carbocycles. The molecule has 1 aromatic rings. The van der Waals surface area contributed by atoms with Crippen molar-refractivity contribution >= 4 is 23.7 Å². The normalized spacial score (nSPS) is 13.9. The fourth-order valence-corrected chi connectivity index (χ4v) is 2.93. The Balaban J connectivity index is 2.13. The molecular weight excluding hydrogens is 362 g/mol. The minimum absolute atomic E-state index is 0.0101. The van der Waals surface area contributed by atoms with Gasteiger partial charge < -0.3 is 9.64 Å². The average Bonchev–Trinajstić information content (AvgIpc) is 2.92. The first-order chi connectivity index (χ1) is 13.3. The van der Waals surface area contributed by atoms with E-state index in [0.29, 0.717) is 0 Å². The van der Waals surface area contributed by atoms with Gasteiger partial charge in [-0.2, -0.15) is 5.26 Å². The van der Waals surface area contributed by atoms with Crippen LogP contribution in [0, 0.1) is 17.2 Å². The van der Waals surface area contributed by atoms with Crippen LogP contribution in [-0.4, -0.2) is 59.7 Å². The molecule has 1 atom stereocenters. The lowest BCUT2D eigenvalue weighted by Crippen LogP contribution is -2.47. The summed E-state index contributed by atoms with van der Waals surface area (Å²) in [6, 6.07) is 7.21. The number of carbonyl (C=O) groups is 4. The van der Waals surface area contributed by atoms with Crippen LogP contribution in [0.2, 0.25) is 0 Å². The van der Waals surface area contributed by atoms with Crippen molar-refractivity contribution in [3.8, 4) is 6.07 Å². The zero-order chi connectivity index (χ0) is 20.8. The Labute approximate surface area is 163 Å². The van der Waals surface area contributed by atoms with E-state index in [-0.39, 0.29) is 36.4 Å². The molecular formula is C20H23N3O5. The summed E-state index contributed by atoms with van der Waals surface area (Å²) in [5, 5.41) is 8.57. The van der Waals surface area contributed by atoms with E-state index >= 15 is 0 Å². The molecule has 2 rings (SSSR count). The summed E-state index contributed by atoms with van der Waals surface area (Å²) in [5.74, 6) is -2.34. The van der Waals surface area contributed by atoms with Crippen LogP contribution in [0.4, 0.5) is 0 Å². The number of esters is 1. The van der Waals surface area contributed by atoms with Crippen LogP contribution in [-0.2, 0) is 14.3 Å². The van der Waals surface area contributed by atoms with Crippen LogP contribution in [0.3, 0.4) is 0 Å². The second-order valence-corrected chi connectivity index (χ2v) is 7.00. The van der Waals surface area contributed by atoms with Gasteiger partial charge in [0.1, 0.15) is 6.04 Å². The van der Waals surface area contributed by atoms with Gasteiger partial charge in [-0.3, -0.25) is 19.3 Å². The molecule has 1 aliphatic heterocycles. The molecule has 0 fully saturated rings. The lowest BCUT2D eigenvalue weighted by Gasteiger charge is -2.26. The van der Waals surface area contributed by atoms with Crippen LogP contribution in [0.1, 0.15) is 47.4 Å². The third-order valence-corrected chi connectivity index (χ3v) is 4.43. The smallest absolute Gasteiger partial charge is 0.329 e. The van der Waals surface area contributed by atoms with E-state index < -0.39 is 36.3 Å². The number of amides is 3. The van der Waals surface area contributed by atoms with Crippen molar-refractivity contribution in [3.05, 3.63) is 35.4 Å². The van der Waals surface area contributed by atoms with E-state index in [0.717, 1.165) is 4.90 Å². The molecule has 0 spiro atoms. The van der Waals surface area contributed by atoms with Crippen molar-refractivity contribution in [2.75, 3.05) is 20.2 Å². The zero-order valence-corrected chi connectivity index (χ0v) is 16.2. The number of nitrogens with zero attached hydrogens (tertiary/aromatic N) is 3. The van der Waals surface area contributed by atoms with E-state index in [1.165, 1.54) is 11.9 Å². The Morgan fingerprint density at radius 3 is 2.25 bits per heavy atom. The Morgan fingerprint density at radius 1 is 1.18 bits per heavy atom. The highest BCUT2D eigenvalue weighted by Crippen LogP contribution is 2.27. The summed E-state index contributed by atoms with van der Waals surface area (Å²) in [6.45, 7) is 3.43. The van der Waals surface area contributed by atoms with E-state index in [1.54, 1.807) is 24.3 Å². The molecule has 8 nitrogen and oxygen atoms in total. The molecule has 28 heavy (non-hydrogen) atoms. The molecule has 1 aromatic carbocycles. The minimum Gasteiger partial charge on any atom is -0.454 e. The summed E-state index contributed by atoms with van der Waals surface area (Å²) in [7, 11) is 1.50. The van der Waals surface area contributed by atoms with Crippen LogP contribution in [0.5, 0.6) is 0 Å². The zero-order valence-electron chi connectivity index (χ0n) is 16.2. The first kappa shape index (κ1) is 21.1. The van der Waals surface area contributed by atoms with Crippen LogP contribution < -0.4 is 0 Å². The van der Waals surface area contributed by atoms with Gasteiger partial charge in [0, 0.05) is 13.6 Å². The molecule has 8 heteroatoms. The number of ether oxygens (including phenoxy) is 1. The van der Waals surface area contributed by atoms with Gasteiger partial charge in [0.15, 0.2) is 6.61 Å². The monoisotopic (exact) mass is 385 g/mol. The van der Waals surface area contributed by atoms with Gasteiger partial charge in [-0.1, -0.05) is 26.0 Å². The molecule has 3 amide bonds. The van der Waals surface area contributed by atoms with Gasteiger partial charge in [-0.15, -0.1) is 0 Å². The maximum Gasteiger partial charge on any atom is 0.329 e. The third kappa shape index (κ3) is 4.55. The Hall–Kier alpha value is -3.21. The maximum atomic E-state index is 12.7. The molecule has 0 aromatic heterocycles. The molecule has 1 aliphatic rings. The van der Waals surface area contributed by atoms with E-state index in [2.05, 4.69) is 0 Å². The molecule has 148 valence electrons. The number of likely N-dealkylation sites (N-methyl/N-ethyl adjacent to an activating group) is 1. The predicted molar refractivity (Wildman–Crippen MR) is 99.0 cm³/mol. The van der Waals surface area contributed by atoms with Crippen molar-refractivity contribution < 1.29 is 23.9 Å². The fourth-order valence-electron chi connectivity index (χ4n) is 2.93. The summed E-state index contributed by atoms with van der Waals surface area (Å²) in [5.41, 5.74) is 0.503. The Kier molecular flexibility index (Phi) is 6.88. The van der Waals surface area contributed by atoms with E-state index in [4.69, 9.17) is 10.00 Å². The van der Waals surface area contributed by atoms with Crippen molar-refractivity contribution in [2.45, 2.75) is 32.7 Å². The number of nitriles is 1. The highest BCUT2D eigenvalue weighted by atomic mass is 16.5. The van der Waals surface area contributed by atoms with Gasteiger partial charge in [-0.25, -0.2) is 4.79 Å². The summed E-state index contributed by atoms with van der Waals surface area (Å²) < 4.78 is 5.12. The fraction of sp³-hybridized carbons (Fsp3) is 0.450. The SMILES string of the molecule is CC(C)C[C@H](C(=O)OCC(=O)N(C)CCC#N)N1C(=O)c2ccccc2C1=O. The van der Waals surface area contributed by atoms with Gasteiger partial charge in [0.25, 0.3) is 17.7 Å². The quantitative estimate of drug-likeness (QED) is 0.497. The van der Waals surface area contributed by atoms with Crippen LogP contribution >= 0.6 is 0 Å². The van der Waals surface area contributed by atoms with E-state index in [9.17, 15) is 19.2 Å². The minimum atomic E-state index is -1.11. The lowest BCUT2D eigenvalue weighted by molar-refractivity contribution is -0.155. The standard InChI is InChI=1S/C20H23N3O5/c1-13(2)11-16(20(27)28-12-17(24)22(3)10-6-9-21)23-18(25)14-7-4-5-8-15(14)19(23)26/h4-5,7-8,13,16H,6,10-12H2,1-3H3/t16-/m1/s1. The van der Waals surface area contributed by atoms with Gasteiger partial charge in [0.2, 0.25) is 0 Å². The Morgan fingerprint density at radius 2 is 1.75 bits per heavy atom. The number of rotatable bonds is 8. The molecule has 0 bridgehead atoms. The second-order valence-electron chi connectivity index (χ2n) is 7.00. The summed E-state index contributed by atoms with van der Waals surface area (Å²) >= 11 is 0. The van der Waals surface area contributed by atoms with Crippen molar-refractivity contribution in [3.63, 3.8) is 0 Å². The van der Waals surface area contributed by atoms with Crippen molar-refractivity contribution in [1.82, 2.24) is 9.80 Å². The number of carbonyl (C=O) groups excluding carboxylic acids is 4. The lowest BCUT2D eigenvalue weighted by atomic mass is 10.0. The predicted octanol–water partition coefficient (Wildman–Crippen LogP) is 1.61. The van der Waals surface area contributed by atoms with E-state index in [1.807, 2.05) is 19.9 Å². The van der Waals surface area contributed by atoms with Crippen molar-refractivity contribution in [2.24, 2.45) is 5.92 Å². The molecule has 1 heterocycles. The molecule has 0 unspecified atom stereocenters. The number of imide groups is 1. The highest BCUT2D eigenvalue weighted by Gasteiger charge is 2.43. The number of hydrogen-bond acceptors (Lipinski definition) is 6. The average molecular weight is 385 g/mol. The summed E-state index contributed by atoms with van der Waals surface area (Å²) in [4.78, 5) is 52.3. The highest BCUT2D eigenvalue weighted by molar-refractivity contribution is 6.22. The molecule has 0 saturated carbocycles. The maximum absolute atomic E-state index is 12.7. The van der Waals surface area contributed by atoms with Gasteiger partial charge in [-0.05, 0) is 24.5 Å².